The quantitative estimate of drug-likeness (QED) is 0.845. The maximum Gasteiger partial charge on any atom is 0.229 e. The summed E-state index contributed by atoms with van der Waals surface area (Å²) in [6.07, 6.45) is 5.74. The minimum atomic E-state index is 0.0473. The molecular formula is C18H31N7O. The van der Waals surface area contributed by atoms with Crippen LogP contribution < -0.4 is 10.6 Å². The van der Waals surface area contributed by atoms with Crippen LogP contribution in [0, 0.1) is 5.92 Å². The molecule has 0 bridgehead atoms. The van der Waals surface area contributed by atoms with E-state index in [1.807, 2.05) is 23.9 Å². The predicted octanol–water partition coefficient (Wildman–Crippen LogP) is 1.31. The van der Waals surface area contributed by atoms with Gasteiger partial charge in [0.25, 0.3) is 0 Å². The van der Waals surface area contributed by atoms with Crippen LogP contribution in [0.1, 0.15) is 50.9 Å². The summed E-state index contributed by atoms with van der Waals surface area (Å²) in [7, 11) is 3.77. The van der Waals surface area contributed by atoms with Crippen molar-refractivity contribution >= 4 is 17.8 Å². The first kappa shape index (κ1) is 18.8. The van der Waals surface area contributed by atoms with Crippen LogP contribution in [-0.2, 0) is 4.79 Å². The van der Waals surface area contributed by atoms with Gasteiger partial charge in [-0.3, -0.25) is 9.69 Å². The van der Waals surface area contributed by atoms with Crippen molar-refractivity contribution in [2.24, 2.45) is 5.92 Å². The molecule has 1 saturated heterocycles. The molecule has 2 heterocycles. The van der Waals surface area contributed by atoms with Crippen LogP contribution in [0.15, 0.2) is 0 Å². The zero-order valence-electron chi connectivity index (χ0n) is 16.2. The molecule has 0 unspecified atom stereocenters. The van der Waals surface area contributed by atoms with Crippen LogP contribution >= 0.6 is 0 Å². The molecule has 1 aliphatic heterocycles. The molecule has 1 saturated carbocycles. The van der Waals surface area contributed by atoms with E-state index in [-0.39, 0.29) is 12.0 Å². The van der Waals surface area contributed by atoms with Gasteiger partial charge in [0.1, 0.15) is 0 Å². The number of nitrogens with zero attached hydrogens (tertiary/aromatic N) is 6. The van der Waals surface area contributed by atoms with Gasteiger partial charge in [-0.05, 0) is 25.7 Å². The lowest BCUT2D eigenvalue weighted by atomic mass is 10.0. The van der Waals surface area contributed by atoms with E-state index in [0.29, 0.717) is 23.6 Å². The molecule has 8 nitrogen and oxygen atoms in total. The number of aromatic nitrogens is 3. The Bertz CT molecular complexity index is 622. The fraction of sp³-hybridized carbons (Fsp3) is 0.778. The second kappa shape index (κ2) is 8.16. The smallest absolute Gasteiger partial charge is 0.229 e. The average Bonchev–Trinajstić information content (AvgIpc) is 3.13. The van der Waals surface area contributed by atoms with E-state index >= 15 is 0 Å². The van der Waals surface area contributed by atoms with Crippen molar-refractivity contribution in [3.8, 4) is 0 Å². The first-order chi connectivity index (χ1) is 12.4. The van der Waals surface area contributed by atoms with Crippen LogP contribution in [0.4, 0.5) is 11.9 Å². The number of carbonyl (C=O) groups is 1. The molecule has 1 aromatic rings. The first-order valence-corrected chi connectivity index (χ1v) is 9.64. The minimum Gasteiger partial charge on any atom is -0.368 e. The Kier molecular flexibility index (Phi) is 5.90. The summed E-state index contributed by atoms with van der Waals surface area (Å²) in [5.41, 5.74) is 5.84. The second-order valence-electron chi connectivity index (χ2n) is 7.69. The number of nitrogens with two attached hydrogens (primary N) is 1. The van der Waals surface area contributed by atoms with Crippen molar-refractivity contribution in [3.63, 3.8) is 0 Å². The number of hydrogen-bond acceptors (Lipinski definition) is 7. The first-order valence-electron chi connectivity index (χ1n) is 9.64. The van der Waals surface area contributed by atoms with E-state index in [2.05, 4.69) is 26.8 Å². The van der Waals surface area contributed by atoms with Gasteiger partial charge in [-0.1, -0.05) is 12.8 Å². The number of amides is 1. The number of piperazine rings is 1. The van der Waals surface area contributed by atoms with Crippen LogP contribution in [0.3, 0.4) is 0 Å². The molecule has 0 radical (unpaired) electrons. The largest absolute Gasteiger partial charge is 0.368 e. The molecule has 8 heteroatoms. The topological polar surface area (TPSA) is 91.5 Å². The van der Waals surface area contributed by atoms with E-state index in [0.717, 1.165) is 32.6 Å². The Balaban J connectivity index is 1.56. The Morgan fingerprint density at radius 2 is 1.81 bits per heavy atom. The van der Waals surface area contributed by atoms with E-state index in [4.69, 9.17) is 5.73 Å². The SMILES string of the molecule is C[C@H](c1nc(N)nc(N(C)C)n1)N1CCN(C(=O)CC2CCCC2)CC1. The van der Waals surface area contributed by atoms with Crippen molar-refractivity contribution in [1.29, 1.82) is 0 Å². The monoisotopic (exact) mass is 361 g/mol. The fourth-order valence-corrected chi connectivity index (χ4v) is 3.90. The van der Waals surface area contributed by atoms with Gasteiger partial charge in [0.15, 0.2) is 5.82 Å². The fourth-order valence-electron chi connectivity index (χ4n) is 3.90. The second-order valence-corrected chi connectivity index (χ2v) is 7.69. The van der Waals surface area contributed by atoms with E-state index < -0.39 is 0 Å². The van der Waals surface area contributed by atoms with Crippen LogP contribution in [0.5, 0.6) is 0 Å². The molecule has 1 aliphatic carbocycles. The van der Waals surface area contributed by atoms with Crippen molar-refractivity contribution in [2.45, 2.75) is 45.1 Å². The van der Waals surface area contributed by atoms with Crippen molar-refractivity contribution in [2.75, 3.05) is 50.9 Å². The molecular weight excluding hydrogens is 330 g/mol. The van der Waals surface area contributed by atoms with E-state index in [9.17, 15) is 4.79 Å². The summed E-state index contributed by atoms with van der Waals surface area (Å²) >= 11 is 0. The lowest BCUT2D eigenvalue weighted by molar-refractivity contribution is -0.134. The third-order valence-electron chi connectivity index (χ3n) is 5.58. The summed E-state index contributed by atoms with van der Waals surface area (Å²) in [4.78, 5) is 31.7. The van der Waals surface area contributed by atoms with Gasteiger partial charge in [0.05, 0.1) is 6.04 Å². The van der Waals surface area contributed by atoms with Crippen LogP contribution in [-0.4, -0.2) is 70.9 Å². The van der Waals surface area contributed by atoms with Crippen LogP contribution in [0.2, 0.25) is 0 Å². The molecule has 2 fully saturated rings. The Morgan fingerprint density at radius 1 is 1.15 bits per heavy atom. The number of anilines is 2. The predicted molar refractivity (Wildman–Crippen MR) is 102 cm³/mol. The summed E-state index contributed by atoms with van der Waals surface area (Å²) in [6, 6.07) is 0.0473. The highest BCUT2D eigenvalue weighted by atomic mass is 16.2. The van der Waals surface area contributed by atoms with E-state index in [1.54, 1.807) is 0 Å². The molecule has 0 aromatic carbocycles. The molecule has 3 rings (SSSR count). The third-order valence-corrected chi connectivity index (χ3v) is 5.58. The van der Waals surface area contributed by atoms with Gasteiger partial charge in [-0.15, -0.1) is 0 Å². The van der Waals surface area contributed by atoms with Crippen LogP contribution in [0.25, 0.3) is 0 Å². The lowest BCUT2D eigenvalue weighted by Gasteiger charge is -2.37. The van der Waals surface area contributed by atoms with Crippen molar-refractivity contribution in [3.05, 3.63) is 5.82 Å². The Hall–Kier alpha value is -1.96. The summed E-state index contributed by atoms with van der Waals surface area (Å²) < 4.78 is 0. The van der Waals surface area contributed by atoms with Gasteiger partial charge < -0.3 is 15.5 Å². The van der Waals surface area contributed by atoms with Crippen molar-refractivity contribution < 1.29 is 4.79 Å². The maximum absolute atomic E-state index is 12.5. The molecule has 144 valence electrons. The number of hydrogen-bond donors (Lipinski definition) is 1. The van der Waals surface area contributed by atoms with Gasteiger partial charge in [-0.2, -0.15) is 15.0 Å². The highest BCUT2D eigenvalue weighted by molar-refractivity contribution is 5.76. The number of rotatable bonds is 5. The molecule has 1 atom stereocenters. The van der Waals surface area contributed by atoms with Crippen molar-refractivity contribution in [1.82, 2.24) is 24.8 Å². The Morgan fingerprint density at radius 3 is 2.42 bits per heavy atom. The highest BCUT2D eigenvalue weighted by Gasteiger charge is 2.28. The average molecular weight is 361 g/mol. The highest BCUT2D eigenvalue weighted by Crippen LogP contribution is 2.28. The zero-order valence-corrected chi connectivity index (χ0v) is 16.2. The molecule has 0 spiro atoms. The van der Waals surface area contributed by atoms with Gasteiger partial charge >= 0.3 is 0 Å². The maximum atomic E-state index is 12.5. The summed E-state index contributed by atoms with van der Waals surface area (Å²) in [5, 5.41) is 0. The Labute approximate surface area is 155 Å². The molecule has 2 aliphatic rings. The summed E-state index contributed by atoms with van der Waals surface area (Å²) in [6.45, 7) is 5.30. The lowest BCUT2D eigenvalue weighted by Crippen LogP contribution is -2.49. The number of carbonyl (C=O) groups excluding carboxylic acids is 1. The number of nitrogen functional groups attached to an aromatic ring is 1. The van der Waals surface area contributed by atoms with Gasteiger partial charge in [0.2, 0.25) is 17.8 Å². The normalized spacial score (nSPS) is 20.3. The summed E-state index contributed by atoms with van der Waals surface area (Å²) in [5.74, 6) is 2.44. The molecule has 1 aromatic heterocycles. The van der Waals surface area contributed by atoms with Gasteiger partial charge in [0, 0.05) is 46.7 Å². The van der Waals surface area contributed by atoms with E-state index in [1.165, 1.54) is 25.7 Å². The zero-order chi connectivity index (χ0) is 18.7. The molecule has 26 heavy (non-hydrogen) atoms. The molecule has 1 amide bonds. The minimum absolute atomic E-state index is 0.0473. The third kappa shape index (κ3) is 4.41. The van der Waals surface area contributed by atoms with Gasteiger partial charge in [-0.25, -0.2) is 0 Å². The molecule has 2 N–H and O–H groups in total. The standard InChI is InChI=1S/C18H31N7O/c1-13(16-20-17(19)22-18(21-16)23(2)3)24-8-10-25(11-9-24)15(26)12-14-6-4-5-7-14/h13-14H,4-12H2,1-3H3,(H2,19,20,21,22)/t13-/m1/s1.